The summed E-state index contributed by atoms with van der Waals surface area (Å²) in [4.78, 5) is 19.3. The van der Waals surface area contributed by atoms with E-state index in [4.69, 9.17) is 24.5 Å². The molecule has 6 nitrogen and oxygen atoms in total. The Hall–Kier alpha value is -1.56. The lowest BCUT2D eigenvalue weighted by Crippen LogP contribution is -2.09. The van der Waals surface area contributed by atoms with Gasteiger partial charge in [0.15, 0.2) is 0 Å². The highest BCUT2D eigenvalue weighted by Gasteiger charge is 2.24. The highest BCUT2D eigenvalue weighted by Crippen LogP contribution is 2.09. The number of esters is 1. The van der Waals surface area contributed by atoms with Gasteiger partial charge in [0.05, 0.1) is 6.61 Å². The van der Waals surface area contributed by atoms with E-state index in [2.05, 4.69) is 6.58 Å². The number of carbonyl (C=O) groups is 2. The van der Waals surface area contributed by atoms with E-state index in [1.807, 2.05) is 0 Å². The van der Waals surface area contributed by atoms with Crippen LogP contribution in [0.2, 0.25) is 0 Å². The van der Waals surface area contributed by atoms with Crippen LogP contribution in [0.15, 0.2) is 12.2 Å². The van der Waals surface area contributed by atoms with E-state index in [0.717, 1.165) is 0 Å². The third kappa shape index (κ3) is 8.54. The maximum absolute atomic E-state index is 10.7. The van der Waals surface area contributed by atoms with E-state index < -0.39 is 6.16 Å². The topological polar surface area (TPSA) is 96.4 Å². The second-order valence-electron chi connectivity index (χ2n) is 2.62. The van der Waals surface area contributed by atoms with Crippen molar-refractivity contribution in [1.82, 2.24) is 0 Å². The van der Waals surface area contributed by atoms with Crippen molar-refractivity contribution in [3.63, 3.8) is 0 Å². The minimum Gasteiger partial charge on any atom is -0.459 e. The summed E-state index contributed by atoms with van der Waals surface area (Å²) in [5.74, 6) is -0.337. The molecule has 2 N–H and O–H groups in total. The highest BCUT2D eigenvalue weighted by atomic mass is 16.6. The predicted molar refractivity (Wildman–Crippen MR) is 46.2 cm³/mol. The van der Waals surface area contributed by atoms with Crippen LogP contribution in [0.25, 0.3) is 0 Å². The molecule has 0 amide bonds. The molecule has 0 radical (unpaired) electrons. The zero-order valence-electron chi connectivity index (χ0n) is 7.73. The molecule has 14 heavy (non-hydrogen) atoms. The molecule has 1 rings (SSSR count). The summed E-state index contributed by atoms with van der Waals surface area (Å²) in [5, 5.41) is 13.9. The molecule has 0 aromatic carbocycles. The largest absolute Gasteiger partial charge is 0.503 e. The SMILES string of the molecule is C=C(C)C(=O)OCC1CO1.O=C(O)O. The molecule has 0 saturated carbocycles. The average molecular weight is 204 g/mol. The van der Waals surface area contributed by atoms with Crippen LogP contribution < -0.4 is 0 Å². The minimum atomic E-state index is -1.83. The van der Waals surface area contributed by atoms with Gasteiger partial charge in [-0.3, -0.25) is 0 Å². The van der Waals surface area contributed by atoms with Gasteiger partial charge in [-0.15, -0.1) is 0 Å². The molecule has 0 aromatic heterocycles. The molecule has 1 unspecified atom stereocenters. The number of epoxide rings is 1. The van der Waals surface area contributed by atoms with Crippen LogP contribution in [-0.2, 0) is 14.3 Å². The van der Waals surface area contributed by atoms with E-state index in [9.17, 15) is 4.79 Å². The summed E-state index contributed by atoms with van der Waals surface area (Å²) >= 11 is 0. The van der Waals surface area contributed by atoms with Gasteiger partial charge in [0.1, 0.15) is 12.7 Å². The molecule has 1 aliphatic rings. The summed E-state index contributed by atoms with van der Waals surface area (Å²) < 4.78 is 9.60. The lowest BCUT2D eigenvalue weighted by atomic mass is 10.4. The molecule has 0 spiro atoms. The van der Waals surface area contributed by atoms with E-state index in [1.54, 1.807) is 6.92 Å². The minimum absolute atomic E-state index is 0.142. The van der Waals surface area contributed by atoms with Gasteiger partial charge in [0, 0.05) is 5.57 Å². The fourth-order valence-electron chi connectivity index (χ4n) is 0.456. The lowest BCUT2D eigenvalue weighted by molar-refractivity contribution is -0.139. The van der Waals surface area contributed by atoms with Gasteiger partial charge in [-0.2, -0.15) is 0 Å². The van der Waals surface area contributed by atoms with Crippen LogP contribution in [0.5, 0.6) is 0 Å². The van der Waals surface area contributed by atoms with Gasteiger partial charge in [-0.05, 0) is 6.92 Å². The lowest BCUT2D eigenvalue weighted by Gasteiger charge is -1.99. The second kappa shape index (κ2) is 5.98. The second-order valence-corrected chi connectivity index (χ2v) is 2.62. The molecule has 0 aromatic rings. The fraction of sp³-hybridized carbons (Fsp3) is 0.500. The first-order valence-electron chi connectivity index (χ1n) is 3.79. The molecule has 1 heterocycles. The van der Waals surface area contributed by atoms with Gasteiger partial charge < -0.3 is 19.7 Å². The Morgan fingerprint density at radius 1 is 1.57 bits per heavy atom. The molecular formula is C8H12O6. The van der Waals surface area contributed by atoms with Crippen LogP contribution in [0.4, 0.5) is 4.79 Å². The van der Waals surface area contributed by atoms with Crippen molar-refractivity contribution in [3.05, 3.63) is 12.2 Å². The van der Waals surface area contributed by atoms with Crippen molar-refractivity contribution in [2.75, 3.05) is 13.2 Å². The molecule has 0 aliphatic carbocycles. The Bertz CT molecular complexity index is 226. The summed E-state index contributed by atoms with van der Waals surface area (Å²) in [6.45, 7) is 6.14. The summed E-state index contributed by atoms with van der Waals surface area (Å²) in [6.07, 6.45) is -1.69. The van der Waals surface area contributed by atoms with Crippen LogP contribution in [0, 0.1) is 0 Å². The van der Waals surface area contributed by atoms with Gasteiger partial charge >= 0.3 is 12.1 Å². The van der Waals surface area contributed by atoms with Gasteiger partial charge in [0.25, 0.3) is 0 Å². The zero-order chi connectivity index (χ0) is 11.1. The maximum Gasteiger partial charge on any atom is 0.503 e. The molecule has 80 valence electrons. The molecule has 1 saturated heterocycles. The van der Waals surface area contributed by atoms with Crippen molar-refractivity contribution in [2.45, 2.75) is 13.0 Å². The molecule has 1 atom stereocenters. The van der Waals surface area contributed by atoms with Crippen molar-refractivity contribution in [2.24, 2.45) is 0 Å². The van der Waals surface area contributed by atoms with Gasteiger partial charge in [0.2, 0.25) is 0 Å². The van der Waals surface area contributed by atoms with E-state index >= 15 is 0 Å². The van der Waals surface area contributed by atoms with Crippen molar-refractivity contribution >= 4 is 12.1 Å². The van der Waals surface area contributed by atoms with Crippen molar-refractivity contribution in [3.8, 4) is 0 Å². The van der Waals surface area contributed by atoms with Crippen LogP contribution in [0.3, 0.4) is 0 Å². The molecule has 1 aliphatic heterocycles. The fourth-order valence-corrected chi connectivity index (χ4v) is 0.456. The normalized spacial score (nSPS) is 17.4. The monoisotopic (exact) mass is 204 g/mol. The Morgan fingerprint density at radius 2 is 2.00 bits per heavy atom. The van der Waals surface area contributed by atoms with Crippen molar-refractivity contribution < 1.29 is 29.3 Å². The number of hydrogen-bond acceptors (Lipinski definition) is 4. The smallest absolute Gasteiger partial charge is 0.459 e. The van der Waals surface area contributed by atoms with Crippen LogP contribution in [-0.4, -0.2) is 41.7 Å². The summed E-state index contributed by atoms with van der Waals surface area (Å²) in [6, 6.07) is 0. The third-order valence-corrected chi connectivity index (χ3v) is 1.15. The number of ether oxygens (including phenoxy) is 2. The Kier molecular flexibility index (Phi) is 5.31. The Balaban J connectivity index is 0.000000364. The first-order chi connectivity index (χ1) is 6.43. The van der Waals surface area contributed by atoms with E-state index in [0.29, 0.717) is 18.8 Å². The standard InChI is InChI=1S/C7H10O3.CH2O3/c1-5(2)7(8)10-4-6-3-9-6;2-1(3)4/h6H,1,3-4H2,2H3;(H2,2,3,4). The van der Waals surface area contributed by atoms with Crippen molar-refractivity contribution in [1.29, 1.82) is 0 Å². The Morgan fingerprint density at radius 3 is 2.29 bits per heavy atom. The Labute approximate surface area is 80.7 Å². The maximum atomic E-state index is 10.7. The zero-order valence-corrected chi connectivity index (χ0v) is 7.73. The first kappa shape index (κ1) is 12.4. The number of carbonyl (C=O) groups excluding carboxylic acids is 1. The number of rotatable bonds is 3. The van der Waals surface area contributed by atoms with Crippen LogP contribution in [0.1, 0.15) is 6.92 Å². The molecule has 1 fully saturated rings. The number of carboxylic acid groups (broad SMARTS) is 2. The van der Waals surface area contributed by atoms with E-state index in [1.165, 1.54) is 0 Å². The highest BCUT2D eigenvalue weighted by molar-refractivity contribution is 5.86. The molecule has 6 heteroatoms. The summed E-state index contributed by atoms with van der Waals surface area (Å²) in [7, 11) is 0. The first-order valence-corrected chi connectivity index (χ1v) is 3.79. The van der Waals surface area contributed by atoms with Crippen LogP contribution >= 0.6 is 0 Å². The predicted octanol–water partition coefficient (Wildman–Crippen LogP) is 0.727. The molecule has 0 bridgehead atoms. The summed E-state index contributed by atoms with van der Waals surface area (Å²) in [5.41, 5.74) is 0.431. The van der Waals surface area contributed by atoms with Gasteiger partial charge in [-0.25, -0.2) is 9.59 Å². The van der Waals surface area contributed by atoms with E-state index in [-0.39, 0.29) is 12.1 Å². The van der Waals surface area contributed by atoms with Gasteiger partial charge in [-0.1, -0.05) is 6.58 Å². The molecular weight excluding hydrogens is 192 g/mol. The number of hydrogen-bond donors (Lipinski definition) is 2. The third-order valence-electron chi connectivity index (χ3n) is 1.15. The average Bonchev–Trinajstić information content (AvgIpc) is 2.81. The quantitative estimate of drug-likeness (QED) is 0.399.